The molecule has 0 saturated heterocycles. The second-order valence-electron chi connectivity index (χ2n) is 2.36. The lowest BCUT2D eigenvalue weighted by Crippen LogP contribution is -2.01. The van der Waals surface area contributed by atoms with Crippen molar-refractivity contribution in [1.82, 2.24) is 0 Å². The first-order valence-electron chi connectivity index (χ1n) is 3.64. The first-order valence-corrected chi connectivity index (χ1v) is 4.02. The molecule has 0 aliphatic rings. The quantitative estimate of drug-likeness (QED) is 0.428. The lowest BCUT2D eigenvalue weighted by atomic mass is 10.2. The van der Waals surface area contributed by atoms with Crippen LogP contribution in [0, 0.1) is 0 Å². The van der Waals surface area contributed by atoms with Crippen LogP contribution in [0.3, 0.4) is 0 Å². The van der Waals surface area contributed by atoms with Crippen molar-refractivity contribution in [2.24, 2.45) is 4.99 Å². The summed E-state index contributed by atoms with van der Waals surface area (Å²) in [5, 5.41) is 0.381. The number of benzene rings is 1. The molecule has 0 aromatic heterocycles. The van der Waals surface area contributed by atoms with E-state index >= 15 is 0 Å². The number of nitrogens with zero attached hydrogens (tertiary/aromatic N) is 1. The topological polar surface area (TPSA) is 55.7 Å². The van der Waals surface area contributed by atoms with E-state index in [0.29, 0.717) is 5.02 Å². The van der Waals surface area contributed by atoms with Gasteiger partial charge in [-0.2, -0.15) is 4.99 Å². The SMILES string of the molecule is COC(=O)c1ccc(Cl)cc1N=C=O. The predicted molar refractivity (Wildman–Crippen MR) is 50.6 cm³/mol. The minimum atomic E-state index is -0.573. The van der Waals surface area contributed by atoms with Gasteiger partial charge in [-0.1, -0.05) is 11.6 Å². The summed E-state index contributed by atoms with van der Waals surface area (Å²) in [6, 6.07) is 4.33. The zero-order valence-corrected chi connectivity index (χ0v) is 8.04. The molecule has 0 bridgehead atoms. The van der Waals surface area contributed by atoms with Gasteiger partial charge in [0.15, 0.2) is 0 Å². The van der Waals surface area contributed by atoms with Crippen molar-refractivity contribution in [2.45, 2.75) is 0 Å². The van der Waals surface area contributed by atoms with Crippen LogP contribution in [0.2, 0.25) is 5.02 Å². The summed E-state index contributed by atoms with van der Waals surface area (Å²) in [6.45, 7) is 0. The van der Waals surface area contributed by atoms with Crippen LogP contribution in [0.25, 0.3) is 0 Å². The third-order valence-electron chi connectivity index (χ3n) is 1.53. The number of hydrogen-bond donors (Lipinski definition) is 0. The molecule has 0 saturated carbocycles. The van der Waals surface area contributed by atoms with Gasteiger partial charge in [-0.05, 0) is 18.2 Å². The first kappa shape index (κ1) is 10.4. The summed E-state index contributed by atoms with van der Waals surface area (Å²) in [6.07, 6.45) is 1.34. The zero-order chi connectivity index (χ0) is 10.6. The van der Waals surface area contributed by atoms with Crippen LogP contribution in [0.4, 0.5) is 5.69 Å². The molecular weight excluding hydrogens is 206 g/mol. The van der Waals surface area contributed by atoms with E-state index in [1.165, 1.54) is 31.4 Å². The van der Waals surface area contributed by atoms with Gasteiger partial charge in [0, 0.05) is 5.02 Å². The largest absolute Gasteiger partial charge is 0.465 e. The monoisotopic (exact) mass is 211 g/mol. The Morgan fingerprint density at radius 1 is 1.57 bits per heavy atom. The van der Waals surface area contributed by atoms with E-state index in [4.69, 9.17) is 11.6 Å². The van der Waals surface area contributed by atoms with Crippen LogP contribution < -0.4 is 0 Å². The fraction of sp³-hybridized carbons (Fsp3) is 0.111. The molecule has 72 valence electrons. The van der Waals surface area contributed by atoms with Crippen LogP contribution in [0.5, 0.6) is 0 Å². The zero-order valence-electron chi connectivity index (χ0n) is 7.28. The van der Waals surface area contributed by atoms with E-state index in [0.717, 1.165) is 0 Å². The number of carbonyl (C=O) groups excluding carboxylic acids is 2. The average molecular weight is 212 g/mol. The van der Waals surface area contributed by atoms with Gasteiger partial charge in [-0.3, -0.25) is 0 Å². The molecule has 1 rings (SSSR count). The smallest absolute Gasteiger partial charge is 0.340 e. The summed E-state index contributed by atoms with van der Waals surface area (Å²) in [5.74, 6) is -0.573. The molecule has 0 N–H and O–H groups in total. The number of aliphatic imine (C=N–C) groups is 1. The number of rotatable bonds is 2. The van der Waals surface area contributed by atoms with Crippen molar-refractivity contribution < 1.29 is 14.3 Å². The van der Waals surface area contributed by atoms with Gasteiger partial charge < -0.3 is 4.74 Å². The fourth-order valence-corrected chi connectivity index (χ4v) is 1.10. The number of ether oxygens (including phenoxy) is 1. The number of hydrogen-bond acceptors (Lipinski definition) is 4. The van der Waals surface area contributed by atoms with Gasteiger partial charge in [0.2, 0.25) is 6.08 Å². The molecule has 4 nitrogen and oxygen atoms in total. The molecule has 0 unspecified atom stereocenters. The predicted octanol–water partition coefficient (Wildman–Crippen LogP) is 2.09. The highest BCUT2D eigenvalue weighted by Crippen LogP contribution is 2.23. The normalized spacial score (nSPS) is 9.00. The maximum Gasteiger partial charge on any atom is 0.340 e. The standard InChI is InChI=1S/C9H6ClNO3/c1-14-9(13)7-3-2-6(10)4-8(7)11-5-12/h2-4H,1H3. The van der Waals surface area contributed by atoms with Crippen molar-refractivity contribution in [3.63, 3.8) is 0 Å². The van der Waals surface area contributed by atoms with Crippen LogP contribution in [0.15, 0.2) is 23.2 Å². The molecule has 0 aliphatic heterocycles. The Morgan fingerprint density at radius 3 is 2.86 bits per heavy atom. The molecule has 0 aliphatic carbocycles. The molecule has 1 aromatic rings. The number of carbonyl (C=O) groups is 1. The van der Waals surface area contributed by atoms with E-state index in [-0.39, 0.29) is 11.3 Å². The molecular formula is C9H6ClNO3. The summed E-state index contributed by atoms with van der Waals surface area (Å²) in [7, 11) is 1.24. The minimum Gasteiger partial charge on any atom is -0.465 e. The lowest BCUT2D eigenvalue weighted by molar-refractivity contribution is 0.0602. The van der Waals surface area contributed by atoms with Gasteiger partial charge in [0.1, 0.15) is 0 Å². The molecule has 1 aromatic carbocycles. The molecule has 0 radical (unpaired) electrons. The Bertz CT molecular complexity index is 411. The number of methoxy groups -OCH3 is 1. The molecule has 14 heavy (non-hydrogen) atoms. The second-order valence-corrected chi connectivity index (χ2v) is 2.79. The summed E-state index contributed by atoms with van der Waals surface area (Å²) in [5.41, 5.74) is 0.333. The molecule has 0 spiro atoms. The highest BCUT2D eigenvalue weighted by atomic mass is 35.5. The maximum absolute atomic E-state index is 11.2. The number of esters is 1. The Morgan fingerprint density at radius 2 is 2.29 bits per heavy atom. The van der Waals surface area contributed by atoms with Crippen LogP contribution >= 0.6 is 11.6 Å². The van der Waals surface area contributed by atoms with Crippen LogP contribution in [0.1, 0.15) is 10.4 Å². The Hall–Kier alpha value is -1.64. The van der Waals surface area contributed by atoms with Crippen molar-refractivity contribution in [3.8, 4) is 0 Å². The van der Waals surface area contributed by atoms with Gasteiger partial charge in [-0.25, -0.2) is 9.59 Å². The van der Waals surface area contributed by atoms with Gasteiger partial charge in [0.05, 0.1) is 18.4 Å². The summed E-state index contributed by atoms with van der Waals surface area (Å²) >= 11 is 5.66. The van der Waals surface area contributed by atoms with Gasteiger partial charge in [-0.15, -0.1) is 0 Å². The average Bonchev–Trinajstić information content (AvgIpc) is 2.17. The highest BCUT2D eigenvalue weighted by Gasteiger charge is 2.11. The van der Waals surface area contributed by atoms with Crippen molar-refractivity contribution in [3.05, 3.63) is 28.8 Å². The molecule has 0 atom stereocenters. The molecule has 0 heterocycles. The Labute approximate surface area is 85.2 Å². The third-order valence-corrected chi connectivity index (χ3v) is 1.77. The number of halogens is 1. The Balaban J connectivity index is 3.28. The van der Waals surface area contributed by atoms with Crippen molar-refractivity contribution in [2.75, 3.05) is 7.11 Å². The second kappa shape index (κ2) is 4.56. The molecule has 0 fully saturated rings. The van der Waals surface area contributed by atoms with E-state index < -0.39 is 5.97 Å². The van der Waals surface area contributed by atoms with E-state index in [2.05, 4.69) is 9.73 Å². The lowest BCUT2D eigenvalue weighted by Gasteiger charge is -2.01. The van der Waals surface area contributed by atoms with Gasteiger partial charge >= 0.3 is 5.97 Å². The van der Waals surface area contributed by atoms with Crippen LogP contribution in [-0.4, -0.2) is 19.2 Å². The van der Waals surface area contributed by atoms with Crippen molar-refractivity contribution >= 4 is 29.3 Å². The summed E-state index contributed by atoms with van der Waals surface area (Å²) < 4.78 is 4.49. The van der Waals surface area contributed by atoms with Crippen molar-refractivity contribution in [1.29, 1.82) is 0 Å². The number of isocyanates is 1. The summed E-state index contributed by atoms with van der Waals surface area (Å²) in [4.78, 5) is 24.6. The fourth-order valence-electron chi connectivity index (χ4n) is 0.929. The highest BCUT2D eigenvalue weighted by molar-refractivity contribution is 6.31. The van der Waals surface area contributed by atoms with E-state index in [1.54, 1.807) is 0 Å². The third kappa shape index (κ3) is 2.19. The first-order chi connectivity index (χ1) is 6.69. The Kier molecular flexibility index (Phi) is 3.40. The maximum atomic E-state index is 11.2. The van der Waals surface area contributed by atoms with E-state index in [1.807, 2.05) is 0 Å². The minimum absolute atomic E-state index is 0.152. The van der Waals surface area contributed by atoms with Gasteiger partial charge in [0.25, 0.3) is 0 Å². The molecule has 0 amide bonds. The molecule has 5 heteroatoms. The van der Waals surface area contributed by atoms with E-state index in [9.17, 15) is 9.59 Å². The van der Waals surface area contributed by atoms with Crippen LogP contribution in [-0.2, 0) is 9.53 Å².